The van der Waals surface area contributed by atoms with Crippen molar-refractivity contribution in [3.05, 3.63) is 71.3 Å². The fraction of sp³-hybridized carbons (Fsp3) is 0.261. The van der Waals surface area contributed by atoms with Gasteiger partial charge in [0.25, 0.3) is 5.91 Å². The van der Waals surface area contributed by atoms with Gasteiger partial charge >= 0.3 is 0 Å². The molecule has 1 aliphatic rings. The summed E-state index contributed by atoms with van der Waals surface area (Å²) in [6.45, 7) is 0.458. The van der Waals surface area contributed by atoms with Crippen LogP contribution in [0.1, 0.15) is 31.0 Å². The van der Waals surface area contributed by atoms with E-state index in [1.807, 2.05) is 12.1 Å². The number of nitrogens with zero attached hydrogens (tertiary/aromatic N) is 3. The molecule has 3 aromatic rings. The van der Waals surface area contributed by atoms with Gasteiger partial charge in [0.15, 0.2) is 6.61 Å². The summed E-state index contributed by atoms with van der Waals surface area (Å²) in [6, 6.07) is 12.8. The molecule has 1 aliphatic heterocycles. The number of nitrogen functional groups attached to an aromatic ring is 1. The number of piperidine rings is 1. The van der Waals surface area contributed by atoms with Gasteiger partial charge in [-0.1, -0.05) is 23.7 Å². The number of carbonyl (C=O) groups is 1. The maximum atomic E-state index is 13.1. The first-order chi connectivity index (χ1) is 15.0. The lowest BCUT2D eigenvalue weighted by atomic mass is 9.94. The van der Waals surface area contributed by atoms with Crippen molar-refractivity contribution in [3.8, 4) is 16.9 Å². The molecular weight excluding hydrogens is 419 g/mol. The smallest absolute Gasteiger partial charge is 0.261 e. The van der Waals surface area contributed by atoms with Gasteiger partial charge in [-0.25, -0.2) is 14.4 Å². The number of anilines is 1. The Morgan fingerprint density at radius 2 is 1.90 bits per heavy atom. The summed E-state index contributed by atoms with van der Waals surface area (Å²) in [6.07, 6.45) is 4.32. The zero-order valence-electron chi connectivity index (χ0n) is 16.8. The number of halogens is 2. The number of likely N-dealkylation sites (tertiary alicyclic amines) is 1. The highest BCUT2D eigenvalue weighted by molar-refractivity contribution is 6.30. The van der Waals surface area contributed by atoms with Crippen molar-refractivity contribution in [2.75, 3.05) is 18.9 Å². The van der Waals surface area contributed by atoms with Gasteiger partial charge in [0.05, 0.1) is 11.7 Å². The molecule has 0 spiro atoms. The average molecular weight is 441 g/mol. The van der Waals surface area contributed by atoms with E-state index >= 15 is 0 Å². The molecule has 8 heteroatoms. The number of amides is 1. The van der Waals surface area contributed by atoms with Crippen molar-refractivity contribution in [2.45, 2.75) is 25.3 Å². The normalized spacial score (nSPS) is 16.2. The van der Waals surface area contributed by atoms with Gasteiger partial charge in [-0.05, 0) is 61.2 Å². The van der Waals surface area contributed by atoms with Gasteiger partial charge < -0.3 is 15.4 Å². The molecule has 1 amide bonds. The standard InChI is InChI=1S/C23H22ClFN4O2/c24-16-6-4-15(5-7-16)19-13-27-23(26)28-22(19)20-3-1-2-12-29(20)21(30)14-31-18-10-8-17(25)9-11-18/h4-11,13,20H,1-3,12,14H2,(H2,26,27,28). The Labute approximate surface area is 184 Å². The molecule has 1 atom stereocenters. The van der Waals surface area contributed by atoms with Gasteiger partial charge in [-0.15, -0.1) is 0 Å². The first kappa shape index (κ1) is 21.1. The number of nitrogens with two attached hydrogens (primary N) is 1. The lowest BCUT2D eigenvalue weighted by Gasteiger charge is -2.36. The molecule has 160 valence electrons. The largest absolute Gasteiger partial charge is 0.484 e. The second-order valence-electron chi connectivity index (χ2n) is 7.38. The third-order valence-corrected chi connectivity index (χ3v) is 5.56. The van der Waals surface area contributed by atoms with Crippen molar-refractivity contribution in [3.63, 3.8) is 0 Å². The molecule has 2 aromatic carbocycles. The number of ether oxygens (including phenoxy) is 1. The quantitative estimate of drug-likeness (QED) is 0.624. The third kappa shape index (κ3) is 4.94. The Morgan fingerprint density at radius 1 is 1.16 bits per heavy atom. The summed E-state index contributed by atoms with van der Waals surface area (Å²) in [4.78, 5) is 23.5. The molecule has 2 N–H and O–H groups in total. The van der Waals surface area contributed by atoms with Crippen LogP contribution in [0.3, 0.4) is 0 Å². The minimum atomic E-state index is -0.356. The van der Waals surface area contributed by atoms with Crippen LogP contribution in [0.2, 0.25) is 5.02 Å². The molecule has 1 unspecified atom stereocenters. The zero-order valence-corrected chi connectivity index (χ0v) is 17.6. The molecule has 1 saturated heterocycles. The molecule has 6 nitrogen and oxygen atoms in total. The molecule has 0 bridgehead atoms. The highest BCUT2D eigenvalue weighted by atomic mass is 35.5. The molecule has 0 aliphatic carbocycles. The van der Waals surface area contributed by atoms with Crippen LogP contribution in [0, 0.1) is 5.82 Å². The summed E-state index contributed by atoms with van der Waals surface area (Å²) in [5.41, 5.74) is 8.33. The molecule has 31 heavy (non-hydrogen) atoms. The number of rotatable bonds is 5. The Balaban J connectivity index is 1.59. The first-order valence-corrected chi connectivity index (χ1v) is 10.5. The van der Waals surface area contributed by atoms with Crippen LogP contribution in [0.5, 0.6) is 5.75 Å². The molecule has 0 radical (unpaired) electrons. The Morgan fingerprint density at radius 3 is 2.65 bits per heavy atom. The van der Waals surface area contributed by atoms with Crippen LogP contribution in [0.4, 0.5) is 10.3 Å². The predicted octanol–water partition coefficient (Wildman–Crippen LogP) is 4.65. The molecule has 1 fully saturated rings. The average Bonchev–Trinajstić information content (AvgIpc) is 2.79. The Hall–Kier alpha value is -3.19. The summed E-state index contributed by atoms with van der Waals surface area (Å²) in [7, 11) is 0. The van der Waals surface area contributed by atoms with Crippen molar-refractivity contribution in [1.82, 2.24) is 14.9 Å². The third-order valence-electron chi connectivity index (χ3n) is 5.31. The van der Waals surface area contributed by atoms with Crippen LogP contribution in [-0.2, 0) is 4.79 Å². The fourth-order valence-electron chi connectivity index (χ4n) is 3.79. The Bertz CT molecular complexity index is 1060. The maximum Gasteiger partial charge on any atom is 0.261 e. The highest BCUT2D eigenvalue weighted by Crippen LogP contribution is 2.36. The number of carbonyl (C=O) groups excluding carboxylic acids is 1. The predicted molar refractivity (Wildman–Crippen MR) is 117 cm³/mol. The lowest BCUT2D eigenvalue weighted by molar-refractivity contribution is -0.137. The minimum Gasteiger partial charge on any atom is -0.484 e. The van der Waals surface area contributed by atoms with E-state index in [1.165, 1.54) is 24.3 Å². The van der Waals surface area contributed by atoms with Gasteiger partial charge in [-0.2, -0.15) is 0 Å². The molecule has 2 heterocycles. The van der Waals surface area contributed by atoms with Crippen LogP contribution >= 0.6 is 11.6 Å². The minimum absolute atomic E-state index is 0.140. The van der Waals surface area contributed by atoms with Crippen LogP contribution in [-0.4, -0.2) is 33.9 Å². The van der Waals surface area contributed by atoms with Crippen molar-refractivity contribution >= 4 is 23.5 Å². The first-order valence-electron chi connectivity index (χ1n) is 10.1. The SMILES string of the molecule is Nc1ncc(-c2ccc(Cl)cc2)c(C2CCCCN2C(=O)COc2ccc(F)cc2)n1. The number of hydrogen-bond donors (Lipinski definition) is 1. The Kier molecular flexibility index (Phi) is 6.32. The molecular formula is C23H22ClFN4O2. The summed E-state index contributed by atoms with van der Waals surface area (Å²) in [5.74, 6) is 0.0869. The van der Waals surface area contributed by atoms with E-state index in [4.69, 9.17) is 22.1 Å². The van der Waals surface area contributed by atoms with Crippen LogP contribution < -0.4 is 10.5 Å². The highest BCUT2D eigenvalue weighted by Gasteiger charge is 2.31. The molecule has 1 aromatic heterocycles. The second-order valence-corrected chi connectivity index (χ2v) is 7.81. The van der Waals surface area contributed by atoms with E-state index in [9.17, 15) is 9.18 Å². The monoisotopic (exact) mass is 440 g/mol. The number of aromatic nitrogens is 2. The van der Waals surface area contributed by atoms with Crippen LogP contribution in [0.15, 0.2) is 54.7 Å². The van der Waals surface area contributed by atoms with E-state index < -0.39 is 0 Å². The topological polar surface area (TPSA) is 81.3 Å². The van der Waals surface area contributed by atoms with E-state index in [2.05, 4.69) is 9.97 Å². The fourth-order valence-corrected chi connectivity index (χ4v) is 3.91. The van der Waals surface area contributed by atoms with E-state index in [0.29, 0.717) is 23.0 Å². The van der Waals surface area contributed by atoms with Crippen LogP contribution in [0.25, 0.3) is 11.1 Å². The number of hydrogen-bond acceptors (Lipinski definition) is 5. The van der Waals surface area contributed by atoms with Gasteiger partial charge in [-0.3, -0.25) is 4.79 Å². The van der Waals surface area contributed by atoms with Gasteiger partial charge in [0.2, 0.25) is 5.95 Å². The lowest BCUT2D eigenvalue weighted by Crippen LogP contribution is -2.41. The summed E-state index contributed by atoms with van der Waals surface area (Å²) < 4.78 is 18.7. The van der Waals surface area contributed by atoms with E-state index in [1.54, 1.807) is 23.2 Å². The summed E-state index contributed by atoms with van der Waals surface area (Å²) in [5, 5.41) is 0.633. The van der Waals surface area contributed by atoms with Crippen molar-refractivity contribution in [2.24, 2.45) is 0 Å². The van der Waals surface area contributed by atoms with Crippen molar-refractivity contribution < 1.29 is 13.9 Å². The maximum absolute atomic E-state index is 13.1. The second kappa shape index (κ2) is 9.31. The van der Waals surface area contributed by atoms with E-state index in [-0.39, 0.29) is 30.3 Å². The molecule has 0 saturated carbocycles. The number of benzene rings is 2. The zero-order chi connectivity index (χ0) is 21.8. The van der Waals surface area contributed by atoms with Crippen molar-refractivity contribution in [1.29, 1.82) is 0 Å². The van der Waals surface area contributed by atoms with Gasteiger partial charge in [0.1, 0.15) is 11.6 Å². The summed E-state index contributed by atoms with van der Waals surface area (Å²) >= 11 is 6.03. The van der Waals surface area contributed by atoms with E-state index in [0.717, 1.165) is 30.4 Å². The molecule has 4 rings (SSSR count). The van der Waals surface area contributed by atoms with Gasteiger partial charge in [0, 0.05) is 23.3 Å².